The van der Waals surface area contributed by atoms with Crippen molar-refractivity contribution in [3.63, 3.8) is 0 Å². The number of nitrogens with one attached hydrogen (secondary N) is 2. The van der Waals surface area contributed by atoms with E-state index in [9.17, 15) is 4.79 Å². The van der Waals surface area contributed by atoms with E-state index in [1.54, 1.807) is 14.2 Å². The molecule has 3 rings (SSSR count). The van der Waals surface area contributed by atoms with Crippen LogP contribution in [0.4, 0.5) is 0 Å². The first-order valence-electron chi connectivity index (χ1n) is 8.47. The lowest BCUT2D eigenvalue weighted by atomic mass is 9.87. The molecule has 1 fully saturated rings. The minimum atomic E-state index is -0.135. The predicted octanol–water partition coefficient (Wildman–Crippen LogP) is 2.32. The van der Waals surface area contributed by atoms with Gasteiger partial charge in [0.15, 0.2) is 11.5 Å². The Morgan fingerprint density at radius 1 is 1.08 bits per heavy atom. The third kappa shape index (κ3) is 3.77. The van der Waals surface area contributed by atoms with Crippen molar-refractivity contribution >= 4 is 5.91 Å². The number of carbonyl (C=O) groups excluding carboxylic acids is 1. The molecule has 5 heteroatoms. The van der Waals surface area contributed by atoms with Gasteiger partial charge in [0.05, 0.1) is 20.1 Å². The minimum Gasteiger partial charge on any atom is -0.493 e. The summed E-state index contributed by atoms with van der Waals surface area (Å²) in [5.74, 6) is 1.38. The van der Waals surface area contributed by atoms with Gasteiger partial charge < -0.3 is 20.1 Å². The van der Waals surface area contributed by atoms with Gasteiger partial charge >= 0.3 is 0 Å². The van der Waals surface area contributed by atoms with Crippen LogP contribution in [0.25, 0.3) is 0 Å². The first-order chi connectivity index (χ1) is 12.2. The molecule has 2 atom stereocenters. The van der Waals surface area contributed by atoms with Crippen LogP contribution >= 0.6 is 0 Å². The van der Waals surface area contributed by atoms with Gasteiger partial charge in [0.2, 0.25) is 5.91 Å². The summed E-state index contributed by atoms with van der Waals surface area (Å²) in [6, 6.07) is 15.8. The zero-order valence-corrected chi connectivity index (χ0v) is 14.6. The van der Waals surface area contributed by atoms with Crippen molar-refractivity contribution in [3.05, 3.63) is 59.7 Å². The average molecular weight is 340 g/mol. The van der Waals surface area contributed by atoms with Crippen molar-refractivity contribution in [3.8, 4) is 11.5 Å². The minimum absolute atomic E-state index is 0.0563. The molecule has 1 saturated heterocycles. The molecule has 5 nitrogen and oxygen atoms in total. The van der Waals surface area contributed by atoms with Gasteiger partial charge in [-0.15, -0.1) is 0 Å². The maximum atomic E-state index is 12.7. The summed E-state index contributed by atoms with van der Waals surface area (Å²) in [7, 11) is 3.26. The Morgan fingerprint density at radius 3 is 2.60 bits per heavy atom. The molecule has 25 heavy (non-hydrogen) atoms. The Bertz CT molecular complexity index is 718. The highest BCUT2D eigenvalue weighted by atomic mass is 16.5. The van der Waals surface area contributed by atoms with E-state index in [4.69, 9.17) is 9.47 Å². The van der Waals surface area contributed by atoms with Crippen molar-refractivity contribution < 1.29 is 14.3 Å². The van der Waals surface area contributed by atoms with Crippen LogP contribution in [0.3, 0.4) is 0 Å². The molecule has 1 amide bonds. The van der Waals surface area contributed by atoms with Crippen molar-refractivity contribution in [1.29, 1.82) is 0 Å². The highest BCUT2D eigenvalue weighted by Crippen LogP contribution is 2.39. The summed E-state index contributed by atoms with van der Waals surface area (Å²) >= 11 is 0. The maximum absolute atomic E-state index is 12.7. The van der Waals surface area contributed by atoms with Crippen LogP contribution < -0.4 is 20.1 Å². The smallest absolute Gasteiger partial charge is 0.225 e. The summed E-state index contributed by atoms with van der Waals surface area (Å²) < 4.78 is 10.9. The molecule has 2 aromatic rings. The standard InChI is InChI=1S/C20H24N2O3/c1-24-18-10-6-9-15(19(18)25-2)16-12-21-13-17(16)20(23)22-11-14-7-4-3-5-8-14/h3-10,16-17,21H,11-13H2,1-2H3,(H,22,23). The molecule has 0 bridgehead atoms. The summed E-state index contributed by atoms with van der Waals surface area (Å²) in [6.07, 6.45) is 0. The summed E-state index contributed by atoms with van der Waals surface area (Å²) in [5, 5.41) is 6.39. The van der Waals surface area contributed by atoms with Crippen LogP contribution in [-0.4, -0.2) is 33.2 Å². The number of carbonyl (C=O) groups is 1. The Balaban J connectivity index is 1.75. The molecule has 2 aromatic carbocycles. The first kappa shape index (κ1) is 17.3. The second-order valence-electron chi connectivity index (χ2n) is 6.16. The molecule has 1 heterocycles. The fourth-order valence-corrected chi connectivity index (χ4v) is 3.40. The van der Waals surface area contributed by atoms with E-state index in [-0.39, 0.29) is 17.7 Å². The zero-order chi connectivity index (χ0) is 17.6. The Kier molecular flexibility index (Phi) is 5.56. The fraction of sp³-hybridized carbons (Fsp3) is 0.350. The predicted molar refractivity (Wildman–Crippen MR) is 96.9 cm³/mol. The van der Waals surface area contributed by atoms with E-state index < -0.39 is 0 Å². The van der Waals surface area contributed by atoms with E-state index in [1.807, 2.05) is 48.5 Å². The second kappa shape index (κ2) is 8.03. The number of ether oxygens (including phenoxy) is 2. The number of hydrogen-bond acceptors (Lipinski definition) is 4. The molecule has 2 unspecified atom stereocenters. The third-order valence-corrected chi connectivity index (χ3v) is 4.69. The largest absolute Gasteiger partial charge is 0.493 e. The number of rotatable bonds is 6. The van der Waals surface area contributed by atoms with Gasteiger partial charge in [-0.2, -0.15) is 0 Å². The highest BCUT2D eigenvalue weighted by molar-refractivity contribution is 5.80. The van der Waals surface area contributed by atoms with Gasteiger partial charge in [-0.3, -0.25) is 4.79 Å². The van der Waals surface area contributed by atoms with Crippen LogP contribution in [0.5, 0.6) is 11.5 Å². The quantitative estimate of drug-likeness (QED) is 0.847. The molecule has 1 aliphatic heterocycles. The maximum Gasteiger partial charge on any atom is 0.225 e. The van der Waals surface area contributed by atoms with Gasteiger partial charge in [0.1, 0.15) is 0 Å². The van der Waals surface area contributed by atoms with Gasteiger partial charge in [0.25, 0.3) is 0 Å². The molecule has 1 aliphatic rings. The number of benzene rings is 2. The number of hydrogen-bond donors (Lipinski definition) is 2. The van der Waals surface area contributed by atoms with E-state index in [2.05, 4.69) is 10.6 Å². The molecule has 0 saturated carbocycles. The van der Waals surface area contributed by atoms with E-state index >= 15 is 0 Å². The van der Waals surface area contributed by atoms with Crippen molar-refractivity contribution in [2.45, 2.75) is 12.5 Å². The fourth-order valence-electron chi connectivity index (χ4n) is 3.40. The van der Waals surface area contributed by atoms with Gasteiger partial charge in [0, 0.05) is 31.1 Å². The Labute approximate surface area is 148 Å². The van der Waals surface area contributed by atoms with Crippen molar-refractivity contribution in [2.24, 2.45) is 5.92 Å². The SMILES string of the molecule is COc1cccc(C2CNCC2C(=O)NCc2ccccc2)c1OC. The summed E-state index contributed by atoms with van der Waals surface area (Å²) in [4.78, 5) is 12.7. The summed E-state index contributed by atoms with van der Waals surface area (Å²) in [6.45, 7) is 1.94. The average Bonchev–Trinajstić information content (AvgIpc) is 3.15. The Morgan fingerprint density at radius 2 is 1.88 bits per heavy atom. The third-order valence-electron chi connectivity index (χ3n) is 4.69. The van der Waals surface area contributed by atoms with E-state index in [0.29, 0.717) is 24.6 Å². The van der Waals surface area contributed by atoms with Gasteiger partial charge in [-0.25, -0.2) is 0 Å². The number of amides is 1. The monoisotopic (exact) mass is 340 g/mol. The van der Waals surface area contributed by atoms with E-state index in [1.165, 1.54) is 0 Å². The van der Waals surface area contributed by atoms with Gasteiger partial charge in [-0.1, -0.05) is 42.5 Å². The number of para-hydroxylation sites is 1. The Hall–Kier alpha value is -2.53. The van der Waals surface area contributed by atoms with E-state index in [0.717, 1.165) is 17.7 Å². The van der Waals surface area contributed by atoms with Crippen LogP contribution in [0.1, 0.15) is 17.0 Å². The summed E-state index contributed by atoms with van der Waals surface area (Å²) in [5.41, 5.74) is 2.10. The molecule has 0 aromatic heterocycles. The zero-order valence-electron chi connectivity index (χ0n) is 14.6. The second-order valence-corrected chi connectivity index (χ2v) is 6.16. The molecule has 0 aliphatic carbocycles. The molecule has 132 valence electrons. The molecule has 2 N–H and O–H groups in total. The lowest BCUT2D eigenvalue weighted by molar-refractivity contribution is -0.125. The van der Waals surface area contributed by atoms with Crippen molar-refractivity contribution in [2.75, 3.05) is 27.3 Å². The molecule has 0 spiro atoms. The topological polar surface area (TPSA) is 59.6 Å². The highest BCUT2D eigenvalue weighted by Gasteiger charge is 2.36. The van der Waals surface area contributed by atoms with Crippen LogP contribution in [-0.2, 0) is 11.3 Å². The molecular weight excluding hydrogens is 316 g/mol. The van der Waals surface area contributed by atoms with Crippen molar-refractivity contribution in [1.82, 2.24) is 10.6 Å². The van der Waals surface area contributed by atoms with Crippen LogP contribution in [0.15, 0.2) is 48.5 Å². The van der Waals surface area contributed by atoms with Gasteiger partial charge in [-0.05, 0) is 11.6 Å². The molecular formula is C20H24N2O3. The lowest BCUT2D eigenvalue weighted by Gasteiger charge is -2.22. The lowest BCUT2D eigenvalue weighted by Crippen LogP contribution is -2.34. The normalized spacial score (nSPS) is 19.4. The molecule has 0 radical (unpaired) electrons. The first-order valence-corrected chi connectivity index (χ1v) is 8.47. The van der Waals surface area contributed by atoms with Crippen LogP contribution in [0, 0.1) is 5.92 Å². The van der Waals surface area contributed by atoms with Crippen LogP contribution in [0.2, 0.25) is 0 Å². The number of methoxy groups -OCH3 is 2.